The van der Waals surface area contributed by atoms with E-state index in [1.54, 1.807) is 6.20 Å². The maximum absolute atomic E-state index is 11.7. The first-order valence-corrected chi connectivity index (χ1v) is 6.09. The molecule has 0 aliphatic rings. The third-order valence-electron chi connectivity index (χ3n) is 2.85. The zero-order valence-electron chi connectivity index (χ0n) is 10.4. The Kier molecular flexibility index (Phi) is 3.89. The van der Waals surface area contributed by atoms with Crippen LogP contribution in [0.1, 0.15) is 19.8 Å². The summed E-state index contributed by atoms with van der Waals surface area (Å²) in [4.78, 5) is 16.0. The van der Waals surface area contributed by atoms with E-state index in [-0.39, 0.29) is 11.9 Å². The summed E-state index contributed by atoms with van der Waals surface area (Å²) >= 11 is 0. The number of carbonyl (C=O) groups excluding carboxylic acids is 1. The zero-order valence-corrected chi connectivity index (χ0v) is 10.4. The number of carbonyl (C=O) groups is 1. The van der Waals surface area contributed by atoms with Gasteiger partial charge >= 0.3 is 0 Å². The molecule has 0 saturated carbocycles. The summed E-state index contributed by atoms with van der Waals surface area (Å²) in [5.41, 5.74) is 7.37. The van der Waals surface area contributed by atoms with Crippen LogP contribution in [0.3, 0.4) is 0 Å². The van der Waals surface area contributed by atoms with E-state index in [0.717, 1.165) is 17.3 Å². The van der Waals surface area contributed by atoms with E-state index in [2.05, 4.69) is 10.3 Å². The average Bonchev–Trinajstić information content (AvgIpc) is 2.38. The van der Waals surface area contributed by atoms with E-state index in [0.29, 0.717) is 12.1 Å². The number of nitrogens with one attached hydrogen (secondary N) is 1. The first-order valence-electron chi connectivity index (χ1n) is 6.09. The van der Waals surface area contributed by atoms with Crippen LogP contribution in [0.4, 0.5) is 5.69 Å². The molecule has 1 aromatic carbocycles. The number of hydrogen-bond acceptors (Lipinski definition) is 3. The molecule has 4 nitrogen and oxygen atoms in total. The Morgan fingerprint density at radius 3 is 3.00 bits per heavy atom. The van der Waals surface area contributed by atoms with Gasteiger partial charge in [0.15, 0.2) is 0 Å². The number of para-hydroxylation sites is 1. The minimum absolute atomic E-state index is 0.0681. The lowest BCUT2D eigenvalue weighted by atomic mass is 10.1. The minimum atomic E-state index is -0.0848. The number of fused-ring (bicyclic) bond motifs is 1. The van der Waals surface area contributed by atoms with Crippen LogP contribution in [-0.4, -0.2) is 16.9 Å². The second-order valence-electron chi connectivity index (χ2n) is 4.34. The van der Waals surface area contributed by atoms with Crippen LogP contribution in [0.2, 0.25) is 0 Å². The monoisotopic (exact) mass is 243 g/mol. The van der Waals surface area contributed by atoms with Gasteiger partial charge in [-0.05, 0) is 18.6 Å². The van der Waals surface area contributed by atoms with Crippen LogP contribution in [0.15, 0.2) is 36.5 Å². The third-order valence-corrected chi connectivity index (χ3v) is 2.85. The van der Waals surface area contributed by atoms with Gasteiger partial charge in [0.25, 0.3) is 0 Å². The molecule has 0 bridgehead atoms. The van der Waals surface area contributed by atoms with Crippen LogP contribution in [0.5, 0.6) is 0 Å². The van der Waals surface area contributed by atoms with E-state index < -0.39 is 0 Å². The Morgan fingerprint density at radius 1 is 1.44 bits per heavy atom. The van der Waals surface area contributed by atoms with Gasteiger partial charge in [-0.15, -0.1) is 0 Å². The maximum Gasteiger partial charge on any atom is 0.225 e. The predicted octanol–water partition coefficient (Wildman–Crippen LogP) is 2.30. The van der Waals surface area contributed by atoms with Crippen LogP contribution >= 0.6 is 0 Å². The maximum atomic E-state index is 11.7. The molecule has 1 aromatic heterocycles. The summed E-state index contributed by atoms with van der Waals surface area (Å²) in [7, 11) is 0. The summed E-state index contributed by atoms with van der Waals surface area (Å²) in [5, 5.41) is 3.83. The Labute approximate surface area is 106 Å². The first-order chi connectivity index (χ1) is 8.69. The number of nitrogens with zero attached hydrogens (tertiary/aromatic N) is 1. The largest absolute Gasteiger partial charge is 0.327 e. The predicted molar refractivity (Wildman–Crippen MR) is 73.3 cm³/mol. The number of rotatable bonds is 4. The molecule has 3 N–H and O–H groups in total. The normalized spacial score (nSPS) is 12.3. The molecule has 2 rings (SSSR count). The third kappa shape index (κ3) is 3.05. The number of aromatic nitrogens is 1. The van der Waals surface area contributed by atoms with Crippen molar-refractivity contribution in [2.24, 2.45) is 5.73 Å². The number of amides is 1. The number of pyridine rings is 1. The minimum Gasteiger partial charge on any atom is -0.327 e. The van der Waals surface area contributed by atoms with E-state index in [4.69, 9.17) is 5.73 Å². The fourth-order valence-electron chi connectivity index (χ4n) is 1.73. The van der Waals surface area contributed by atoms with Gasteiger partial charge in [0.2, 0.25) is 5.91 Å². The molecule has 0 fully saturated rings. The number of hydrogen-bond donors (Lipinski definition) is 2. The lowest BCUT2D eigenvalue weighted by Crippen LogP contribution is -2.26. The Bertz CT molecular complexity index is 553. The van der Waals surface area contributed by atoms with Gasteiger partial charge in [-0.1, -0.05) is 25.1 Å². The molecule has 1 amide bonds. The summed E-state index contributed by atoms with van der Waals surface area (Å²) in [6, 6.07) is 9.62. The highest BCUT2D eigenvalue weighted by atomic mass is 16.1. The summed E-state index contributed by atoms with van der Waals surface area (Å²) in [6.45, 7) is 1.97. The van der Waals surface area contributed by atoms with Crippen molar-refractivity contribution in [2.45, 2.75) is 25.8 Å². The van der Waals surface area contributed by atoms with Gasteiger partial charge in [-0.25, -0.2) is 0 Å². The number of nitrogens with two attached hydrogens (primary N) is 1. The molecule has 2 aromatic rings. The van der Waals surface area contributed by atoms with Gasteiger partial charge in [-0.2, -0.15) is 0 Å². The van der Waals surface area contributed by atoms with Crippen molar-refractivity contribution in [2.75, 3.05) is 5.32 Å². The van der Waals surface area contributed by atoms with E-state index in [1.807, 2.05) is 37.3 Å². The van der Waals surface area contributed by atoms with Crippen molar-refractivity contribution in [3.05, 3.63) is 36.5 Å². The SMILES string of the molecule is CCC(N)CC(=O)Nc1cnc2ccccc2c1. The van der Waals surface area contributed by atoms with Crippen LogP contribution in [0.25, 0.3) is 10.9 Å². The van der Waals surface area contributed by atoms with Crippen LogP contribution in [-0.2, 0) is 4.79 Å². The summed E-state index contributed by atoms with van der Waals surface area (Å²) < 4.78 is 0. The highest BCUT2D eigenvalue weighted by molar-refractivity contribution is 5.93. The zero-order chi connectivity index (χ0) is 13.0. The van der Waals surface area contributed by atoms with Crippen molar-refractivity contribution in [3.63, 3.8) is 0 Å². The molecule has 0 radical (unpaired) electrons. The van der Waals surface area contributed by atoms with E-state index in [9.17, 15) is 4.79 Å². The summed E-state index contributed by atoms with van der Waals surface area (Å²) in [6.07, 6.45) is 2.80. The van der Waals surface area contributed by atoms with E-state index in [1.165, 1.54) is 0 Å². The van der Waals surface area contributed by atoms with Gasteiger partial charge < -0.3 is 11.1 Å². The van der Waals surface area contributed by atoms with Crippen molar-refractivity contribution < 1.29 is 4.79 Å². The molecule has 1 heterocycles. The quantitative estimate of drug-likeness (QED) is 0.865. The second-order valence-corrected chi connectivity index (χ2v) is 4.34. The van der Waals surface area contributed by atoms with Crippen LogP contribution in [0, 0.1) is 0 Å². The Hall–Kier alpha value is -1.94. The van der Waals surface area contributed by atoms with Gasteiger partial charge in [0.1, 0.15) is 0 Å². The lowest BCUT2D eigenvalue weighted by molar-refractivity contribution is -0.116. The molecule has 18 heavy (non-hydrogen) atoms. The number of benzene rings is 1. The van der Waals surface area contributed by atoms with Crippen molar-refractivity contribution >= 4 is 22.5 Å². The van der Waals surface area contributed by atoms with Crippen LogP contribution < -0.4 is 11.1 Å². The Balaban J connectivity index is 2.10. The highest BCUT2D eigenvalue weighted by Crippen LogP contribution is 2.16. The molecular formula is C14H17N3O. The molecule has 0 spiro atoms. The van der Waals surface area contributed by atoms with Gasteiger partial charge in [0.05, 0.1) is 17.4 Å². The molecule has 0 aliphatic carbocycles. The first kappa shape index (κ1) is 12.5. The molecule has 4 heteroatoms. The van der Waals surface area contributed by atoms with E-state index >= 15 is 0 Å². The molecule has 0 saturated heterocycles. The van der Waals surface area contributed by atoms with Crippen molar-refractivity contribution in [1.82, 2.24) is 4.98 Å². The van der Waals surface area contributed by atoms with Gasteiger partial charge in [0, 0.05) is 17.8 Å². The highest BCUT2D eigenvalue weighted by Gasteiger charge is 2.08. The lowest BCUT2D eigenvalue weighted by Gasteiger charge is -2.09. The summed E-state index contributed by atoms with van der Waals surface area (Å²) in [5.74, 6) is -0.0681. The molecule has 0 aliphatic heterocycles. The van der Waals surface area contributed by atoms with Gasteiger partial charge in [-0.3, -0.25) is 9.78 Å². The van der Waals surface area contributed by atoms with Crippen molar-refractivity contribution in [3.8, 4) is 0 Å². The molecule has 1 atom stereocenters. The average molecular weight is 243 g/mol. The van der Waals surface area contributed by atoms with Crippen molar-refractivity contribution in [1.29, 1.82) is 0 Å². The number of anilines is 1. The topological polar surface area (TPSA) is 68.0 Å². The fourth-order valence-corrected chi connectivity index (χ4v) is 1.73. The molecule has 94 valence electrons. The Morgan fingerprint density at radius 2 is 2.22 bits per heavy atom. The smallest absolute Gasteiger partial charge is 0.225 e. The fraction of sp³-hybridized carbons (Fsp3) is 0.286. The molecule has 1 unspecified atom stereocenters. The standard InChI is InChI=1S/C14H17N3O/c1-2-11(15)8-14(18)17-12-7-10-5-3-4-6-13(10)16-9-12/h3-7,9,11H,2,8,15H2,1H3,(H,17,18). The second kappa shape index (κ2) is 5.60. The molecular weight excluding hydrogens is 226 g/mol.